The van der Waals surface area contributed by atoms with Crippen molar-refractivity contribution in [2.75, 3.05) is 6.61 Å². The predicted molar refractivity (Wildman–Crippen MR) is 50.7 cm³/mol. The van der Waals surface area contributed by atoms with Gasteiger partial charge in [-0.3, -0.25) is 4.79 Å². The number of aliphatic hydroxyl groups excluding tert-OH is 1. The van der Waals surface area contributed by atoms with Crippen LogP contribution in [0, 0.1) is 5.92 Å². The van der Waals surface area contributed by atoms with Crippen molar-refractivity contribution in [2.45, 2.75) is 32.7 Å². The molecule has 0 aliphatic carbocycles. The monoisotopic (exact) mass is 203 g/mol. The van der Waals surface area contributed by atoms with Gasteiger partial charge in [-0.1, -0.05) is 20.3 Å². The first-order chi connectivity index (χ1) is 6.51. The molecule has 1 unspecified atom stereocenters. The number of carbonyl (C=O) groups is 2. The van der Waals surface area contributed by atoms with E-state index in [2.05, 4.69) is 5.32 Å². The third-order valence-electron chi connectivity index (χ3n) is 2.05. The molecule has 5 nitrogen and oxygen atoms in total. The first kappa shape index (κ1) is 12.9. The van der Waals surface area contributed by atoms with E-state index < -0.39 is 18.6 Å². The molecule has 0 aromatic carbocycles. The molecule has 0 radical (unpaired) electrons. The summed E-state index contributed by atoms with van der Waals surface area (Å²) in [6.07, 6.45) is 1.16. The van der Waals surface area contributed by atoms with Crippen LogP contribution in [0.3, 0.4) is 0 Å². The van der Waals surface area contributed by atoms with E-state index in [4.69, 9.17) is 10.2 Å². The number of hydrogen-bond acceptors (Lipinski definition) is 3. The van der Waals surface area contributed by atoms with Crippen LogP contribution in [0.25, 0.3) is 0 Å². The van der Waals surface area contributed by atoms with Gasteiger partial charge in [0.2, 0.25) is 5.91 Å². The largest absolute Gasteiger partial charge is 0.480 e. The summed E-state index contributed by atoms with van der Waals surface area (Å²) in [5.74, 6) is -1.33. The van der Waals surface area contributed by atoms with Crippen LogP contribution < -0.4 is 5.32 Å². The van der Waals surface area contributed by atoms with Gasteiger partial charge in [0, 0.05) is 6.42 Å². The predicted octanol–water partition coefficient (Wildman–Crippen LogP) is -0.0157. The minimum Gasteiger partial charge on any atom is -0.480 e. The van der Waals surface area contributed by atoms with Gasteiger partial charge in [0.15, 0.2) is 0 Å². The van der Waals surface area contributed by atoms with E-state index in [0.29, 0.717) is 6.42 Å². The normalized spacial score (nSPS) is 14.5. The molecule has 1 amide bonds. The van der Waals surface area contributed by atoms with Gasteiger partial charge in [-0.05, 0) is 5.92 Å². The number of carboxylic acids is 1. The van der Waals surface area contributed by atoms with Gasteiger partial charge in [-0.25, -0.2) is 4.79 Å². The number of rotatable bonds is 6. The summed E-state index contributed by atoms with van der Waals surface area (Å²) in [7, 11) is 0. The first-order valence-corrected chi connectivity index (χ1v) is 4.64. The van der Waals surface area contributed by atoms with Gasteiger partial charge >= 0.3 is 5.97 Å². The summed E-state index contributed by atoms with van der Waals surface area (Å²) < 4.78 is 0. The van der Waals surface area contributed by atoms with Crippen LogP contribution in [0.2, 0.25) is 0 Å². The molecule has 0 saturated heterocycles. The van der Waals surface area contributed by atoms with Crippen molar-refractivity contribution < 1.29 is 19.8 Å². The maximum absolute atomic E-state index is 11.2. The Morgan fingerprint density at radius 1 is 1.43 bits per heavy atom. The molecule has 0 rings (SSSR count). The first-order valence-electron chi connectivity index (χ1n) is 4.64. The lowest BCUT2D eigenvalue weighted by Gasteiger charge is -2.13. The molecule has 0 bridgehead atoms. The highest BCUT2D eigenvalue weighted by Crippen LogP contribution is 2.05. The van der Waals surface area contributed by atoms with Crippen molar-refractivity contribution in [3.05, 3.63) is 0 Å². The Bertz CT molecular complexity index is 205. The fourth-order valence-corrected chi connectivity index (χ4v) is 0.900. The molecule has 0 spiro atoms. The third kappa shape index (κ3) is 4.81. The lowest BCUT2D eigenvalue weighted by Crippen LogP contribution is -2.43. The van der Waals surface area contributed by atoms with E-state index in [9.17, 15) is 9.59 Å². The Balaban J connectivity index is 3.97. The summed E-state index contributed by atoms with van der Waals surface area (Å²) in [6.45, 7) is 3.29. The number of carboxylic acid groups (broad SMARTS) is 1. The summed E-state index contributed by atoms with van der Waals surface area (Å²) in [5, 5.41) is 19.4. The zero-order valence-electron chi connectivity index (χ0n) is 8.49. The molecule has 5 heteroatoms. The highest BCUT2D eigenvalue weighted by molar-refractivity contribution is 5.83. The Morgan fingerprint density at radius 3 is 2.36 bits per heavy atom. The molecule has 0 aromatic rings. The van der Waals surface area contributed by atoms with E-state index in [-0.39, 0.29) is 11.8 Å². The molecule has 0 saturated carbocycles. The lowest BCUT2D eigenvalue weighted by atomic mass is 10.0. The van der Waals surface area contributed by atoms with Gasteiger partial charge in [0.1, 0.15) is 6.04 Å². The average Bonchev–Trinajstić information content (AvgIpc) is 2.13. The highest BCUT2D eigenvalue weighted by atomic mass is 16.4. The smallest absolute Gasteiger partial charge is 0.328 e. The fourth-order valence-electron chi connectivity index (χ4n) is 0.900. The number of hydrogen-bond donors (Lipinski definition) is 3. The molecule has 0 heterocycles. The third-order valence-corrected chi connectivity index (χ3v) is 2.05. The van der Waals surface area contributed by atoms with Gasteiger partial charge in [0.05, 0.1) is 6.61 Å². The highest BCUT2D eigenvalue weighted by Gasteiger charge is 2.19. The molecule has 14 heavy (non-hydrogen) atoms. The minimum atomic E-state index is -1.22. The van der Waals surface area contributed by atoms with Crippen LogP contribution in [0.15, 0.2) is 0 Å². The number of nitrogens with one attached hydrogen (secondary N) is 1. The Labute approximate surface area is 83.1 Å². The van der Waals surface area contributed by atoms with Crippen LogP contribution in [-0.4, -0.2) is 34.7 Å². The quantitative estimate of drug-likeness (QED) is 0.566. The lowest BCUT2D eigenvalue weighted by molar-refractivity contribution is -0.143. The van der Waals surface area contributed by atoms with Crippen molar-refractivity contribution in [2.24, 2.45) is 5.92 Å². The zero-order valence-corrected chi connectivity index (χ0v) is 8.49. The van der Waals surface area contributed by atoms with Crippen molar-refractivity contribution in [1.82, 2.24) is 5.32 Å². The Hall–Kier alpha value is -1.10. The van der Waals surface area contributed by atoms with Crippen LogP contribution >= 0.6 is 0 Å². The second kappa shape index (κ2) is 6.37. The Morgan fingerprint density at radius 2 is 2.00 bits per heavy atom. The van der Waals surface area contributed by atoms with E-state index in [1.807, 2.05) is 13.8 Å². The van der Waals surface area contributed by atoms with Crippen LogP contribution in [0.1, 0.15) is 26.7 Å². The van der Waals surface area contributed by atoms with Gasteiger partial charge < -0.3 is 15.5 Å². The van der Waals surface area contributed by atoms with E-state index in [1.165, 1.54) is 0 Å². The molecular formula is C9H17NO4. The molecule has 2 atom stereocenters. The topological polar surface area (TPSA) is 86.6 Å². The van der Waals surface area contributed by atoms with Crippen molar-refractivity contribution in [3.63, 3.8) is 0 Å². The molecule has 3 N–H and O–H groups in total. The zero-order chi connectivity index (χ0) is 11.1. The van der Waals surface area contributed by atoms with Gasteiger partial charge in [-0.2, -0.15) is 0 Å². The van der Waals surface area contributed by atoms with Crippen LogP contribution in [-0.2, 0) is 9.59 Å². The van der Waals surface area contributed by atoms with Crippen LogP contribution in [0.5, 0.6) is 0 Å². The molecule has 0 fully saturated rings. The molecule has 0 aliphatic heterocycles. The molecule has 0 aliphatic rings. The van der Waals surface area contributed by atoms with E-state index in [1.54, 1.807) is 0 Å². The number of carbonyl (C=O) groups excluding carboxylic acids is 1. The second-order valence-electron chi connectivity index (χ2n) is 3.36. The van der Waals surface area contributed by atoms with Gasteiger partial charge in [0.25, 0.3) is 0 Å². The van der Waals surface area contributed by atoms with E-state index >= 15 is 0 Å². The summed E-state index contributed by atoms with van der Waals surface area (Å²) in [6, 6.07) is -1.19. The summed E-state index contributed by atoms with van der Waals surface area (Å²) in [4.78, 5) is 21.6. The van der Waals surface area contributed by atoms with Crippen molar-refractivity contribution in [1.29, 1.82) is 0 Å². The Kier molecular flexibility index (Phi) is 5.87. The summed E-state index contributed by atoms with van der Waals surface area (Å²) in [5.41, 5.74) is 0. The molecule has 0 aromatic heterocycles. The molecular weight excluding hydrogens is 186 g/mol. The number of aliphatic carboxylic acids is 1. The van der Waals surface area contributed by atoms with Crippen LogP contribution in [0.4, 0.5) is 0 Å². The fraction of sp³-hybridized carbons (Fsp3) is 0.778. The van der Waals surface area contributed by atoms with E-state index in [0.717, 1.165) is 6.42 Å². The van der Waals surface area contributed by atoms with Crippen molar-refractivity contribution in [3.8, 4) is 0 Å². The van der Waals surface area contributed by atoms with Gasteiger partial charge in [-0.15, -0.1) is 0 Å². The SMILES string of the molecule is CCC(C)CC(=O)N[C@H](CO)C(=O)O. The second-order valence-corrected chi connectivity index (χ2v) is 3.36. The maximum Gasteiger partial charge on any atom is 0.328 e. The summed E-state index contributed by atoms with van der Waals surface area (Å²) >= 11 is 0. The average molecular weight is 203 g/mol. The maximum atomic E-state index is 11.2. The minimum absolute atomic E-state index is 0.225. The number of amides is 1. The standard InChI is InChI=1S/C9H17NO4/c1-3-6(2)4-8(12)10-7(5-11)9(13)14/h6-7,11H,3-5H2,1-2H3,(H,10,12)(H,13,14)/t6?,7-/m1/s1. The van der Waals surface area contributed by atoms with Crippen molar-refractivity contribution >= 4 is 11.9 Å². The number of aliphatic hydroxyl groups is 1. The molecule has 82 valence electrons.